The normalized spacial score (nSPS) is 10.6. The molecule has 0 aliphatic rings. The Kier molecular flexibility index (Phi) is 37.5. The van der Waals surface area contributed by atoms with E-state index in [9.17, 15) is 4.39 Å². The number of benzene rings is 14. The minimum Gasteiger partial charge on any atom is -0.305 e. The largest absolute Gasteiger partial charge is 0.305 e. The topological polar surface area (TPSA) is 103 Å². The Hall–Kier alpha value is -14.4. The van der Waals surface area contributed by atoms with E-state index in [1.54, 1.807) is 30.6 Å². The fourth-order valence-electron chi connectivity index (χ4n) is 14.6. The van der Waals surface area contributed by atoms with E-state index in [4.69, 9.17) is 6.85 Å². The molecule has 0 fully saturated rings. The zero-order valence-electron chi connectivity index (χ0n) is 80.7. The van der Waals surface area contributed by atoms with Gasteiger partial charge in [0.1, 0.15) is 5.82 Å². The molecule has 8 nitrogen and oxygen atoms in total. The summed E-state index contributed by atoms with van der Waals surface area (Å²) >= 11 is 0. The number of nitrogens with zero attached hydrogens (tertiary/aromatic N) is 8. The van der Waals surface area contributed by atoms with Crippen LogP contribution in [0.25, 0.3) is 156 Å². The van der Waals surface area contributed by atoms with Crippen molar-refractivity contribution in [3.63, 3.8) is 0 Å². The van der Waals surface area contributed by atoms with Crippen LogP contribution in [0.1, 0.15) is 40.2 Å². The van der Waals surface area contributed by atoms with Gasteiger partial charge in [-0.3, -0.25) is 0 Å². The number of hydrogen-bond donors (Lipinski definition) is 0. The molecule has 8 heterocycles. The standard InChI is InChI=1S/C18H13FN.3C18H14N.C15H10N.C13H8N.2C12H10N.4Ir/c1-13-11-18(15-5-3-2-4-6-15)20-12-17(13)14-7-9-16(19)10-8-14;3*1-14-12-18(16-10-6-3-7-11-16)19-13-17(14)15-8-4-2-5-9-15;1-2-6-12(7-3-1)15-10-13-8-4-5-9-14(13)11-16-15;1-2-6-12-10(4-1)7-8-11-5-3-9-14-13(11)12;1-10-6-2-3-7-11(10)12-8-4-5-9-13-12;1-10-6-5-9-13-12(10)11-7-3-2-4-8-11;;;;/h2-5,7-12H,1H3;3*2-10,12-13H,1H3;1-6,8-11H;1-5,7-9H;2-6,8-9H,1H3;2-7,9H,1H3;;;;/q8*-1;;;;/i;2D,4D,5D,8D,9D;;;;;;;;;;. The first kappa shape index (κ1) is 95.7. The molecule has 13 heteroatoms. The molecule has 137 heavy (non-hydrogen) atoms. The molecule has 14 aromatic carbocycles. The predicted molar refractivity (Wildman–Crippen MR) is 545 cm³/mol. The van der Waals surface area contributed by atoms with Crippen molar-refractivity contribution in [2.75, 3.05) is 0 Å². The van der Waals surface area contributed by atoms with Crippen molar-refractivity contribution in [1.82, 2.24) is 39.9 Å². The second-order valence-electron chi connectivity index (χ2n) is 30.7. The monoisotopic (exact) mass is 2490 g/mol. The smallest absolute Gasteiger partial charge is 0.123 e. The third kappa shape index (κ3) is 29.1. The van der Waals surface area contributed by atoms with Crippen molar-refractivity contribution >= 4 is 32.4 Å². The Morgan fingerprint density at radius 1 is 0.234 bits per heavy atom. The quantitative estimate of drug-likeness (QED) is 0.0932. The van der Waals surface area contributed by atoms with Gasteiger partial charge in [-0.05, 0) is 171 Å². The zero-order valence-corrected chi connectivity index (χ0v) is 85.3. The van der Waals surface area contributed by atoms with Crippen LogP contribution in [0.15, 0.2) is 456 Å². The first-order valence-corrected chi connectivity index (χ1v) is 43.4. The number of pyridine rings is 8. The third-order valence-electron chi connectivity index (χ3n) is 21.5. The molecular weight excluding hydrogens is 2390 g/mol. The maximum Gasteiger partial charge on any atom is 0.123 e. The summed E-state index contributed by atoms with van der Waals surface area (Å²) < 4.78 is 52.4. The second-order valence-corrected chi connectivity index (χ2v) is 30.7. The molecule has 4 radical (unpaired) electrons. The molecule has 22 rings (SSSR count). The molecule has 0 aliphatic heterocycles. The predicted octanol–water partition coefficient (Wildman–Crippen LogP) is 30.8. The average Bonchev–Trinajstić information content (AvgIpc) is 0.766. The molecule has 0 spiro atoms. The number of hydrogen-bond acceptors (Lipinski definition) is 8. The third-order valence-corrected chi connectivity index (χ3v) is 21.5. The molecule has 0 saturated heterocycles. The van der Waals surface area contributed by atoms with Gasteiger partial charge in [0.15, 0.2) is 0 Å². The van der Waals surface area contributed by atoms with Gasteiger partial charge in [-0.2, -0.15) is 0 Å². The van der Waals surface area contributed by atoms with Crippen molar-refractivity contribution in [3.05, 3.63) is 544 Å². The molecule has 0 aliphatic carbocycles. The SMILES string of the molecule is Cc1cc(-c2[c-]cccc2)ncc1-c1ccc(F)cc1.Cc1cc(-c2[c-]cccc2)ncc1-c1ccccc1.Cc1cc(-c2[c-]cccc2)ncc1-c1ccccc1.Cc1ccc[c-]c1-c1ccccn1.Cc1cccnc1-c1[c-]cccc1.[2H]c1c([2H])c([2H])c(-c2cnc(-c3[c-]cccc3)cc2C)c([2H])c1[2H].[Ir].[Ir].[Ir].[Ir].[c-]1cccc2ccc3cccnc3c12.[c-]1ccccc1-c1cc2ccccc2cn1. The fraction of sp³-hybridized carbons (Fsp3) is 0.0484. The number of fused-ring (bicyclic) bond motifs is 4. The minimum atomic E-state index is -0.394. The van der Waals surface area contributed by atoms with Gasteiger partial charge in [-0.15, -0.1) is 286 Å². The molecule has 0 unspecified atom stereocenters. The van der Waals surface area contributed by atoms with Crippen LogP contribution in [0.4, 0.5) is 4.39 Å². The van der Waals surface area contributed by atoms with E-state index in [1.165, 1.54) is 78.2 Å². The number of aryl methyl sites for hydroxylation is 6. The van der Waals surface area contributed by atoms with Crippen LogP contribution in [0.5, 0.6) is 0 Å². The first-order valence-electron chi connectivity index (χ1n) is 45.9. The van der Waals surface area contributed by atoms with E-state index in [0.29, 0.717) is 5.56 Å². The van der Waals surface area contributed by atoms with Crippen LogP contribution in [0.3, 0.4) is 0 Å². The summed E-state index contributed by atoms with van der Waals surface area (Å²) in [6.45, 7) is 12.2. The van der Waals surface area contributed by atoms with Crippen LogP contribution < -0.4 is 0 Å². The summed E-state index contributed by atoms with van der Waals surface area (Å²) in [5, 5.41) is 5.85. The van der Waals surface area contributed by atoms with Crippen molar-refractivity contribution in [3.8, 4) is 123 Å². The molecule has 680 valence electrons. The summed E-state index contributed by atoms with van der Waals surface area (Å²) in [5.41, 5.74) is 28.9. The van der Waals surface area contributed by atoms with Gasteiger partial charge >= 0.3 is 0 Å². The van der Waals surface area contributed by atoms with Gasteiger partial charge in [0.05, 0.1) is 6.85 Å². The van der Waals surface area contributed by atoms with Gasteiger partial charge in [-0.1, -0.05) is 206 Å². The van der Waals surface area contributed by atoms with Gasteiger partial charge in [0.25, 0.3) is 0 Å². The summed E-state index contributed by atoms with van der Waals surface area (Å²) in [5.74, 6) is -0.227. The molecule has 0 amide bonds. The van der Waals surface area contributed by atoms with Crippen LogP contribution in [0, 0.1) is 95.9 Å². The van der Waals surface area contributed by atoms with Crippen molar-refractivity contribution in [1.29, 1.82) is 0 Å². The molecule has 0 atom stereocenters. The molecule has 8 aromatic heterocycles. The maximum absolute atomic E-state index is 13.0. The fourth-order valence-corrected chi connectivity index (χ4v) is 14.6. The first-order chi connectivity index (χ1) is 67.5. The Labute approximate surface area is 865 Å². The van der Waals surface area contributed by atoms with E-state index >= 15 is 0 Å². The second kappa shape index (κ2) is 53.6. The Balaban J connectivity index is 0.000000155. The number of halogens is 1. The maximum atomic E-state index is 13.0. The molecule has 0 bridgehead atoms. The summed E-state index contributed by atoms with van der Waals surface area (Å²) in [6, 6.07) is 147. The number of aromatic nitrogens is 8. The van der Waals surface area contributed by atoms with E-state index < -0.39 is 6.04 Å². The molecule has 0 saturated carbocycles. The van der Waals surface area contributed by atoms with Gasteiger partial charge in [-0.25, -0.2) is 4.39 Å². The van der Waals surface area contributed by atoms with Crippen molar-refractivity contribution in [2.45, 2.75) is 41.5 Å². The minimum absolute atomic E-state index is 0. The molecule has 22 aromatic rings. The van der Waals surface area contributed by atoms with Crippen molar-refractivity contribution < 1.29 is 91.7 Å². The number of rotatable bonds is 11. The summed E-state index contributed by atoms with van der Waals surface area (Å²) in [7, 11) is 0. The summed E-state index contributed by atoms with van der Waals surface area (Å²) in [4.78, 5) is 35.4. The van der Waals surface area contributed by atoms with E-state index in [2.05, 4.69) is 207 Å². The molecular formula is C124H93FIr4N8-8. The van der Waals surface area contributed by atoms with Gasteiger partial charge in [0, 0.05) is 152 Å². The summed E-state index contributed by atoms with van der Waals surface area (Å²) in [6.07, 6.45) is 14.6. The van der Waals surface area contributed by atoms with Crippen LogP contribution in [0.2, 0.25) is 0 Å². The van der Waals surface area contributed by atoms with Crippen LogP contribution >= 0.6 is 0 Å². The van der Waals surface area contributed by atoms with Crippen LogP contribution in [-0.2, 0) is 80.4 Å². The van der Waals surface area contributed by atoms with Crippen molar-refractivity contribution in [2.24, 2.45) is 0 Å². The zero-order chi connectivity index (χ0) is 95.9. The van der Waals surface area contributed by atoms with E-state index in [1.807, 2.05) is 306 Å². The molecule has 0 N–H and O–H groups in total. The van der Waals surface area contributed by atoms with Gasteiger partial charge in [0.2, 0.25) is 0 Å². The average molecular weight is 2490 g/mol. The van der Waals surface area contributed by atoms with Crippen LogP contribution in [-0.4, -0.2) is 39.9 Å². The van der Waals surface area contributed by atoms with E-state index in [0.717, 1.165) is 112 Å². The Morgan fingerprint density at radius 2 is 0.591 bits per heavy atom. The van der Waals surface area contributed by atoms with Gasteiger partial charge < -0.3 is 39.9 Å². The Bertz CT molecular complexity index is 7480. The van der Waals surface area contributed by atoms with E-state index in [-0.39, 0.29) is 116 Å². The Morgan fingerprint density at radius 3 is 1.04 bits per heavy atom.